The van der Waals surface area contributed by atoms with Gasteiger partial charge in [-0.15, -0.1) is 0 Å². The Kier molecular flexibility index (Phi) is 6.38. The van der Waals surface area contributed by atoms with Gasteiger partial charge in [0, 0.05) is 23.6 Å². The Morgan fingerprint density at radius 2 is 1.88 bits per heavy atom. The van der Waals surface area contributed by atoms with Crippen LogP contribution in [0.2, 0.25) is 0 Å². The molecule has 0 aromatic heterocycles. The maximum absolute atomic E-state index is 13.1. The number of likely N-dealkylation sites (N-methyl/N-ethyl adjacent to an activating group) is 1. The summed E-state index contributed by atoms with van der Waals surface area (Å²) < 4.78 is 17.1. The van der Waals surface area contributed by atoms with E-state index in [4.69, 9.17) is 14.2 Å². The lowest BCUT2D eigenvalue weighted by molar-refractivity contribution is -0.174. The second kappa shape index (κ2) is 9.59. The molecule has 41 heavy (non-hydrogen) atoms. The van der Waals surface area contributed by atoms with Crippen molar-refractivity contribution < 1.29 is 49.3 Å². The number of carbonyl (C=O) groups is 2. The van der Waals surface area contributed by atoms with Crippen molar-refractivity contribution in [1.29, 1.82) is 0 Å². The molecule has 2 aliphatic carbocycles. The number of rotatable bonds is 8. The lowest BCUT2D eigenvalue weighted by Gasteiger charge is -2.61. The third-order valence-electron chi connectivity index (χ3n) is 9.04. The normalized spacial score (nSPS) is 29.7. The fourth-order valence-electron chi connectivity index (χ4n) is 7.03. The fourth-order valence-corrected chi connectivity index (χ4v) is 7.03. The quantitative estimate of drug-likeness (QED) is 0.231. The van der Waals surface area contributed by atoms with Crippen molar-refractivity contribution in [3.63, 3.8) is 0 Å². The fraction of sp³-hybridized carbons (Fsp3) is 0.400. The lowest BCUT2D eigenvalue weighted by Crippen LogP contribution is -2.74. The van der Waals surface area contributed by atoms with Crippen LogP contribution in [0.5, 0.6) is 11.5 Å². The minimum Gasteiger partial charge on any atom is -0.504 e. The maximum atomic E-state index is 13.1. The smallest absolute Gasteiger partial charge is 0.349 e. The van der Waals surface area contributed by atoms with E-state index in [9.17, 15) is 35.1 Å². The van der Waals surface area contributed by atoms with E-state index in [1.54, 1.807) is 30.3 Å². The van der Waals surface area contributed by atoms with Gasteiger partial charge in [0.15, 0.2) is 23.7 Å². The van der Waals surface area contributed by atoms with Crippen molar-refractivity contribution in [2.75, 3.05) is 13.6 Å². The van der Waals surface area contributed by atoms with Crippen LogP contribution in [0.4, 0.5) is 0 Å². The SMILES string of the molecule is C=C(OC(C(=O)O)c1ccccc1)[C@H](O)[C@@H](O)C(=O)OC1=CC[C@@]2(O)[C@H]3Cc4ccc(O)c5c4[C@@]2(CCN3C)[C@H]1O5. The van der Waals surface area contributed by atoms with Gasteiger partial charge in [-0.1, -0.05) is 43.0 Å². The summed E-state index contributed by atoms with van der Waals surface area (Å²) in [6, 6.07) is 11.1. The number of benzene rings is 2. The zero-order chi connectivity index (χ0) is 29.3. The van der Waals surface area contributed by atoms with Crippen LogP contribution in [0.1, 0.15) is 35.6 Å². The molecule has 11 heteroatoms. The van der Waals surface area contributed by atoms with Gasteiger partial charge in [-0.2, -0.15) is 0 Å². The van der Waals surface area contributed by atoms with E-state index in [2.05, 4.69) is 11.5 Å². The topological polar surface area (TPSA) is 166 Å². The lowest BCUT2D eigenvalue weighted by atomic mass is 9.50. The van der Waals surface area contributed by atoms with Gasteiger partial charge in [0.2, 0.25) is 6.10 Å². The third kappa shape index (κ3) is 3.87. The summed E-state index contributed by atoms with van der Waals surface area (Å²) in [6.45, 7) is 4.15. The van der Waals surface area contributed by atoms with Gasteiger partial charge in [-0.25, -0.2) is 9.59 Å². The molecule has 1 fully saturated rings. The molecule has 6 rings (SSSR count). The first kappa shape index (κ1) is 27.3. The molecule has 11 nitrogen and oxygen atoms in total. The van der Waals surface area contributed by atoms with Crippen LogP contribution in [0.3, 0.4) is 0 Å². The minimum absolute atomic E-state index is 0.0388. The molecular weight excluding hydrogens is 534 g/mol. The molecule has 2 bridgehead atoms. The summed E-state index contributed by atoms with van der Waals surface area (Å²) in [5.74, 6) is -2.96. The Morgan fingerprint density at radius 1 is 1.15 bits per heavy atom. The number of hydrogen-bond acceptors (Lipinski definition) is 10. The summed E-state index contributed by atoms with van der Waals surface area (Å²) in [5, 5.41) is 53.7. The maximum Gasteiger partial charge on any atom is 0.349 e. The van der Waals surface area contributed by atoms with Crippen molar-refractivity contribution in [1.82, 2.24) is 4.90 Å². The Bertz CT molecular complexity index is 1460. The molecule has 1 saturated heterocycles. The number of ether oxygens (including phenoxy) is 3. The minimum atomic E-state index is -2.17. The van der Waals surface area contributed by atoms with Crippen LogP contribution in [0.15, 0.2) is 66.6 Å². The predicted octanol–water partition coefficient (Wildman–Crippen LogP) is 1.29. The molecule has 216 valence electrons. The summed E-state index contributed by atoms with van der Waals surface area (Å²) in [6.07, 6.45) is -3.98. The van der Waals surface area contributed by atoms with Gasteiger partial charge in [-0.05, 0) is 44.1 Å². The number of phenols is 1. The van der Waals surface area contributed by atoms with Crippen molar-refractivity contribution >= 4 is 11.9 Å². The number of carboxylic acid groups (broad SMARTS) is 1. The Hall–Kier alpha value is -3.90. The summed E-state index contributed by atoms with van der Waals surface area (Å²) in [7, 11) is 1.95. The van der Waals surface area contributed by atoms with E-state index < -0.39 is 53.1 Å². The average molecular weight is 566 g/mol. The first-order chi connectivity index (χ1) is 19.5. The molecule has 2 aliphatic heterocycles. The molecule has 2 aromatic rings. The molecule has 0 saturated carbocycles. The number of aliphatic hydroxyl groups is 3. The van der Waals surface area contributed by atoms with Gasteiger partial charge >= 0.3 is 11.9 Å². The van der Waals surface area contributed by atoms with Gasteiger partial charge in [0.05, 0.1) is 11.0 Å². The highest BCUT2D eigenvalue weighted by Crippen LogP contribution is 2.65. The van der Waals surface area contributed by atoms with Crippen LogP contribution >= 0.6 is 0 Å². The van der Waals surface area contributed by atoms with E-state index in [-0.39, 0.29) is 35.3 Å². The van der Waals surface area contributed by atoms with E-state index in [0.717, 1.165) is 5.56 Å². The first-order valence-corrected chi connectivity index (χ1v) is 13.3. The number of aromatic hydroxyl groups is 1. The number of phenolic OH excluding ortho intramolecular Hbond substituents is 1. The van der Waals surface area contributed by atoms with Crippen molar-refractivity contribution in [3.05, 3.63) is 83.3 Å². The Labute approximate surface area is 235 Å². The van der Waals surface area contributed by atoms with Crippen molar-refractivity contribution in [2.45, 2.75) is 60.7 Å². The zero-order valence-corrected chi connectivity index (χ0v) is 22.3. The molecular formula is C30H31NO10. The average Bonchev–Trinajstić information content (AvgIpc) is 3.32. The highest BCUT2D eigenvalue weighted by atomic mass is 16.6. The molecule has 2 aromatic carbocycles. The first-order valence-electron chi connectivity index (χ1n) is 13.3. The van der Waals surface area contributed by atoms with E-state index in [0.29, 0.717) is 24.9 Å². The molecule has 2 heterocycles. The number of aliphatic hydroxyl groups excluding tert-OH is 2. The molecule has 0 radical (unpaired) electrons. The third-order valence-corrected chi connectivity index (χ3v) is 9.04. The molecule has 4 aliphatic rings. The zero-order valence-electron chi connectivity index (χ0n) is 22.3. The molecule has 0 amide bonds. The van der Waals surface area contributed by atoms with Crippen LogP contribution in [0.25, 0.3) is 0 Å². The second-order valence-electron chi connectivity index (χ2n) is 11.1. The van der Waals surface area contributed by atoms with E-state index >= 15 is 0 Å². The Balaban J connectivity index is 1.24. The number of carbonyl (C=O) groups excluding carboxylic acids is 1. The van der Waals surface area contributed by atoms with Crippen LogP contribution in [0, 0.1) is 0 Å². The highest BCUT2D eigenvalue weighted by molar-refractivity contribution is 5.77. The Morgan fingerprint density at radius 3 is 2.59 bits per heavy atom. The van der Waals surface area contributed by atoms with Crippen LogP contribution < -0.4 is 4.74 Å². The van der Waals surface area contributed by atoms with Gasteiger partial charge < -0.3 is 44.6 Å². The molecule has 5 N–H and O–H groups in total. The number of esters is 1. The predicted molar refractivity (Wildman–Crippen MR) is 142 cm³/mol. The second-order valence-corrected chi connectivity index (χ2v) is 11.1. The number of hydrogen-bond donors (Lipinski definition) is 5. The van der Waals surface area contributed by atoms with Gasteiger partial charge in [0.1, 0.15) is 17.6 Å². The van der Waals surface area contributed by atoms with E-state index in [1.165, 1.54) is 12.1 Å². The van der Waals surface area contributed by atoms with Gasteiger partial charge in [-0.3, -0.25) is 0 Å². The summed E-state index contributed by atoms with van der Waals surface area (Å²) >= 11 is 0. The standard InChI is InChI=1S/C30H31NO10/c1-15(39-24(27(35)36)16-6-4-3-5-7-16)22(33)23(34)28(37)40-19-10-11-30(38)20-14-17-8-9-18(32)25-21(17)29(30,26(19)41-25)12-13-31(20)2/h3-10,20,22-24,26,32-34,38H,1,11-14H2,2H3,(H,35,36)/t20-,22+,23-,24?,26+,29+,30-/m1/s1. The van der Waals surface area contributed by atoms with E-state index in [1.807, 2.05) is 13.1 Å². The van der Waals surface area contributed by atoms with Crippen LogP contribution in [-0.2, 0) is 30.9 Å². The number of likely N-dealkylation sites (tertiary alicyclic amines) is 1. The highest BCUT2D eigenvalue weighted by Gasteiger charge is 2.72. The molecule has 7 atom stereocenters. The number of nitrogens with zero attached hydrogens (tertiary/aromatic N) is 1. The monoisotopic (exact) mass is 565 g/mol. The summed E-state index contributed by atoms with van der Waals surface area (Å²) in [5.41, 5.74) is -0.357. The number of piperidine rings is 1. The van der Waals surface area contributed by atoms with Gasteiger partial charge in [0.25, 0.3) is 0 Å². The largest absolute Gasteiger partial charge is 0.504 e. The van der Waals surface area contributed by atoms with Crippen molar-refractivity contribution in [2.24, 2.45) is 0 Å². The number of carboxylic acids is 1. The molecule has 1 spiro atoms. The summed E-state index contributed by atoms with van der Waals surface area (Å²) in [4.78, 5) is 27.0. The van der Waals surface area contributed by atoms with Crippen LogP contribution in [-0.4, -0.2) is 85.9 Å². The molecule has 1 unspecified atom stereocenters. The number of aliphatic carboxylic acids is 1. The van der Waals surface area contributed by atoms with Crippen molar-refractivity contribution in [3.8, 4) is 11.5 Å².